The van der Waals surface area contributed by atoms with E-state index in [2.05, 4.69) is 80.8 Å². The van der Waals surface area contributed by atoms with Gasteiger partial charge in [-0.2, -0.15) is 0 Å². The van der Waals surface area contributed by atoms with Gasteiger partial charge in [-0.25, -0.2) is 0 Å². The van der Waals surface area contributed by atoms with E-state index in [4.69, 9.17) is 30.2 Å². The van der Waals surface area contributed by atoms with E-state index in [0.717, 1.165) is 22.8 Å². The summed E-state index contributed by atoms with van der Waals surface area (Å²) in [6.07, 6.45) is 3.85. The zero-order chi connectivity index (χ0) is 22.1. The fourth-order valence-electron chi connectivity index (χ4n) is 3.17. The van der Waals surface area contributed by atoms with Gasteiger partial charge in [0.25, 0.3) is 0 Å². The summed E-state index contributed by atoms with van der Waals surface area (Å²) in [4.78, 5) is 9.44. The van der Waals surface area contributed by atoms with Gasteiger partial charge in [0.2, 0.25) is 0 Å². The number of nitrogens with zero attached hydrogens (tertiary/aromatic N) is 3. The van der Waals surface area contributed by atoms with Crippen LogP contribution < -0.4 is 0 Å². The van der Waals surface area contributed by atoms with Crippen molar-refractivity contribution in [3.05, 3.63) is 82.7 Å². The van der Waals surface area contributed by atoms with Crippen LogP contribution in [0.2, 0.25) is 0 Å². The molecule has 0 fully saturated rings. The molecule has 0 saturated carbocycles. The molecule has 0 aliphatic carbocycles. The molecule has 0 spiro atoms. The Morgan fingerprint density at radius 3 is 1.93 bits per heavy atom. The number of halogens is 2. The molecule has 0 saturated heterocycles. The van der Waals surface area contributed by atoms with E-state index in [0.29, 0.717) is 5.92 Å². The molecule has 1 heterocycles. The molecule has 3 rings (SSSR count). The van der Waals surface area contributed by atoms with E-state index in [1.165, 1.54) is 16.7 Å². The molecule has 2 aromatic carbocycles. The number of para-hydroxylation sites is 2. The Labute approximate surface area is 194 Å². The van der Waals surface area contributed by atoms with Crippen molar-refractivity contribution in [1.29, 1.82) is 0 Å². The van der Waals surface area contributed by atoms with Gasteiger partial charge in [0, 0.05) is 7.05 Å². The van der Waals surface area contributed by atoms with E-state index in [1.54, 1.807) is 0 Å². The van der Waals surface area contributed by atoms with Crippen molar-refractivity contribution in [3.8, 4) is 0 Å². The van der Waals surface area contributed by atoms with Crippen molar-refractivity contribution in [3.63, 3.8) is 0 Å². The maximum atomic E-state index is 4.76. The van der Waals surface area contributed by atoms with Gasteiger partial charge in [0.1, 0.15) is 0 Å². The number of benzene rings is 2. The predicted octanol–water partition coefficient (Wildman–Crippen LogP) is 7.64. The van der Waals surface area contributed by atoms with Gasteiger partial charge in [0.05, 0.1) is 35.2 Å². The van der Waals surface area contributed by atoms with Gasteiger partial charge in [-0.3, -0.25) is 9.98 Å². The molecule has 160 valence electrons. The van der Waals surface area contributed by atoms with Crippen molar-refractivity contribution in [1.82, 2.24) is 4.57 Å². The van der Waals surface area contributed by atoms with E-state index in [9.17, 15) is 0 Å². The van der Waals surface area contributed by atoms with E-state index < -0.39 is 0 Å². The molecule has 0 N–H and O–H groups in total. The number of aromatic nitrogens is 1. The van der Waals surface area contributed by atoms with Gasteiger partial charge >= 0.3 is 33.3 Å². The van der Waals surface area contributed by atoms with Gasteiger partial charge in [-0.1, -0.05) is 50.2 Å². The Hall–Kier alpha value is -1.84. The topological polar surface area (TPSA) is 29.6 Å². The first-order valence-corrected chi connectivity index (χ1v) is 12.7. The first kappa shape index (κ1) is 24.4. The van der Waals surface area contributed by atoms with Crippen LogP contribution in [0, 0.1) is 13.8 Å². The average Bonchev–Trinajstić information content (AvgIpc) is 3.06. The third-order valence-electron chi connectivity index (χ3n) is 4.86. The molecule has 0 unspecified atom stereocenters. The number of hydrogen-bond acceptors (Lipinski definition) is 2. The van der Waals surface area contributed by atoms with Gasteiger partial charge in [0.15, 0.2) is 0 Å². The molecule has 0 radical (unpaired) electrons. The second-order valence-corrected chi connectivity index (χ2v) is 9.09. The quantitative estimate of drug-likeness (QED) is 0.263. The normalized spacial score (nSPS) is 11.5. The van der Waals surface area contributed by atoms with Crippen molar-refractivity contribution in [2.75, 3.05) is 0 Å². The molecule has 0 atom stereocenters. The summed E-state index contributed by atoms with van der Waals surface area (Å²) in [6.45, 7) is 8.57. The molecule has 0 amide bonds. The van der Waals surface area contributed by atoms with Crippen molar-refractivity contribution < 1.29 is 13.1 Å². The summed E-state index contributed by atoms with van der Waals surface area (Å²) in [7, 11) is 11.6. The van der Waals surface area contributed by atoms with Crippen LogP contribution in [-0.4, -0.2) is 17.0 Å². The summed E-state index contributed by atoms with van der Waals surface area (Å²) in [5.74, 6) is 0.451. The minimum atomic E-state index is 0.194. The Morgan fingerprint density at radius 1 is 0.833 bits per heavy atom. The predicted molar refractivity (Wildman–Crippen MR) is 128 cm³/mol. The summed E-state index contributed by atoms with van der Waals surface area (Å²) in [5, 5.41) is 0. The molecule has 0 bridgehead atoms. The van der Waals surface area contributed by atoms with Crippen LogP contribution in [0.1, 0.15) is 47.8 Å². The number of aryl methyl sites for hydroxylation is 2. The Bertz CT molecular complexity index is 1000. The standard InChI is InChI=1S/C24H27N3.2ClH.Fe/c1-17(2)22-11-6-7-12-23(22)25-15-20-13-14-21(27(20)5)16-26-24-18(3)9-8-10-19(24)4;;;/h6-17H,1-5H3;2*1H;/q;;;+2/p-2. The Balaban J connectivity index is 0.00000101. The minimum absolute atomic E-state index is 0.194. The molecule has 3 aromatic rings. The molecule has 3 nitrogen and oxygen atoms in total. The third-order valence-corrected chi connectivity index (χ3v) is 4.86. The number of aliphatic imine (C=N–C) groups is 2. The van der Waals surface area contributed by atoms with Crippen LogP contribution in [-0.2, 0) is 20.2 Å². The third kappa shape index (κ3) is 6.58. The van der Waals surface area contributed by atoms with E-state index >= 15 is 0 Å². The zero-order valence-corrected chi connectivity index (χ0v) is 20.5. The molecular formula is C24H27Cl2FeN3. The van der Waals surface area contributed by atoms with Crippen LogP contribution in [0.25, 0.3) is 0 Å². The Kier molecular flexibility index (Phi) is 9.87. The first-order chi connectivity index (χ1) is 14.4. The van der Waals surface area contributed by atoms with Crippen molar-refractivity contribution in [2.24, 2.45) is 17.0 Å². The second kappa shape index (κ2) is 12.1. The van der Waals surface area contributed by atoms with Gasteiger partial charge < -0.3 is 4.57 Å². The van der Waals surface area contributed by atoms with Crippen molar-refractivity contribution >= 4 is 44.0 Å². The van der Waals surface area contributed by atoms with Crippen LogP contribution in [0.5, 0.6) is 0 Å². The van der Waals surface area contributed by atoms with Gasteiger partial charge in [-0.05, 0) is 54.7 Å². The van der Waals surface area contributed by atoms with Crippen LogP contribution in [0.15, 0.2) is 64.6 Å². The molecule has 0 aliphatic heterocycles. The average molecular weight is 484 g/mol. The number of hydrogen-bond donors (Lipinski definition) is 0. The van der Waals surface area contributed by atoms with E-state index in [-0.39, 0.29) is 13.1 Å². The van der Waals surface area contributed by atoms with Crippen LogP contribution >= 0.6 is 20.2 Å². The van der Waals surface area contributed by atoms with Crippen LogP contribution in [0.4, 0.5) is 11.4 Å². The Morgan fingerprint density at radius 2 is 1.37 bits per heavy atom. The molecule has 30 heavy (non-hydrogen) atoms. The van der Waals surface area contributed by atoms with Crippen LogP contribution in [0.3, 0.4) is 0 Å². The zero-order valence-electron chi connectivity index (χ0n) is 17.9. The molecule has 1 aromatic heterocycles. The summed E-state index contributed by atoms with van der Waals surface area (Å²) < 4.78 is 2.11. The monoisotopic (exact) mass is 483 g/mol. The maximum absolute atomic E-state index is 4.76. The first-order valence-electron chi connectivity index (χ1n) is 9.63. The SMILES string of the molecule is Cc1cccc(C)c1N=Cc1ccc(C=Nc2ccccc2C(C)C)n1C.[Cl][Fe][Cl]. The summed E-state index contributed by atoms with van der Waals surface area (Å²) in [6, 6.07) is 18.7. The number of rotatable bonds is 5. The summed E-state index contributed by atoms with van der Waals surface area (Å²) in [5.41, 5.74) is 7.81. The van der Waals surface area contributed by atoms with Gasteiger partial charge in [-0.15, -0.1) is 0 Å². The fraction of sp³-hybridized carbons (Fsp3) is 0.250. The fourth-order valence-corrected chi connectivity index (χ4v) is 3.17. The summed E-state index contributed by atoms with van der Waals surface area (Å²) >= 11 is 0.194. The molecule has 0 aliphatic rings. The molecule has 6 heteroatoms. The van der Waals surface area contributed by atoms with Crippen molar-refractivity contribution in [2.45, 2.75) is 33.6 Å². The molecular weight excluding hydrogens is 457 g/mol. The van der Waals surface area contributed by atoms with E-state index in [1.807, 2.05) is 25.5 Å². The second-order valence-electron chi connectivity index (χ2n) is 7.26.